The molecule has 1 atom stereocenters. The van der Waals surface area contributed by atoms with Crippen LogP contribution in [0.5, 0.6) is 11.5 Å². The fraction of sp³-hybridized carbons (Fsp3) is 0.182. The van der Waals surface area contributed by atoms with E-state index in [0.717, 1.165) is 0 Å². The average Bonchev–Trinajstić information content (AvgIpc) is 2.84. The Morgan fingerprint density at radius 2 is 1.97 bits per heavy atom. The van der Waals surface area contributed by atoms with Gasteiger partial charge in [-0.25, -0.2) is 14.8 Å². The molecule has 3 aromatic heterocycles. The van der Waals surface area contributed by atoms with Gasteiger partial charge in [-0.15, -0.1) is 0 Å². The Kier molecular flexibility index (Phi) is 9.38. The van der Waals surface area contributed by atoms with E-state index >= 15 is 0 Å². The maximum absolute atomic E-state index is 12.6. The van der Waals surface area contributed by atoms with E-state index in [-0.39, 0.29) is 57.7 Å². The largest absolute Gasteiger partial charge is 0.487 e. The van der Waals surface area contributed by atoms with Gasteiger partial charge in [-0.3, -0.25) is 20.4 Å². The fourth-order valence-electron chi connectivity index (χ4n) is 2.93. The molecule has 11 nitrogen and oxygen atoms in total. The molecular weight excluding hydrogens is 579 g/mol. The van der Waals surface area contributed by atoms with Crippen molar-refractivity contribution in [1.82, 2.24) is 15.0 Å². The van der Waals surface area contributed by atoms with Crippen LogP contribution < -0.4 is 20.1 Å². The SMILES string of the molecule is C[C@@H](Oc1cc(NC(=O)Nc2nc(C=O)c(Br)cc2OCCO)ncc1C#N)c1c(Cl)cncc1Cl. The summed E-state index contributed by atoms with van der Waals surface area (Å²) in [5, 5.41) is 24.0. The minimum Gasteiger partial charge on any atom is -0.487 e. The van der Waals surface area contributed by atoms with Gasteiger partial charge in [0.1, 0.15) is 41.6 Å². The van der Waals surface area contributed by atoms with Gasteiger partial charge in [-0.1, -0.05) is 23.2 Å². The number of hydrogen-bond acceptors (Lipinski definition) is 9. The predicted molar refractivity (Wildman–Crippen MR) is 135 cm³/mol. The van der Waals surface area contributed by atoms with E-state index in [2.05, 4.69) is 41.5 Å². The standard InChI is InChI=1S/C22H17BrCl2N6O5/c1-11(20-14(24)8-27-9-15(20)25)36-17-5-19(28-7-12(17)6-26)30-22(34)31-21-18(35-3-2-32)4-13(23)16(10-33)29-21/h4-5,7-11,32H,2-3H2,1H3,(H2,28,29,30,31,34)/t11-/m1/s1. The third kappa shape index (κ3) is 6.58. The number of nitrogens with one attached hydrogen (secondary N) is 2. The topological polar surface area (TPSA) is 159 Å². The zero-order valence-corrected chi connectivity index (χ0v) is 21.6. The third-order valence-electron chi connectivity index (χ3n) is 4.49. The van der Waals surface area contributed by atoms with Gasteiger partial charge >= 0.3 is 6.03 Å². The van der Waals surface area contributed by atoms with Gasteiger partial charge in [-0.05, 0) is 22.9 Å². The zero-order valence-electron chi connectivity index (χ0n) is 18.5. The molecule has 0 aliphatic rings. The number of carbonyl (C=O) groups excluding carboxylic acids is 2. The molecule has 36 heavy (non-hydrogen) atoms. The molecular formula is C22H17BrCl2N6O5. The van der Waals surface area contributed by atoms with Gasteiger partial charge in [-0.2, -0.15) is 5.26 Å². The van der Waals surface area contributed by atoms with E-state index in [0.29, 0.717) is 16.3 Å². The molecule has 14 heteroatoms. The number of aromatic nitrogens is 3. The van der Waals surface area contributed by atoms with E-state index in [4.69, 9.17) is 37.8 Å². The van der Waals surface area contributed by atoms with Crippen molar-refractivity contribution < 1.29 is 24.2 Å². The Bertz CT molecular complexity index is 1320. The van der Waals surface area contributed by atoms with Crippen molar-refractivity contribution in [1.29, 1.82) is 5.26 Å². The van der Waals surface area contributed by atoms with E-state index in [1.807, 2.05) is 6.07 Å². The van der Waals surface area contributed by atoms with Crippen LogP contribution in [0.2, 0.25) is 10.0 Å². The van der Waals surface area contributed by atoms with Crippen LogP contribution in [-0.4, -0.2) is 45.6 Å². The Morgan fingerprint density at radius 3 is 2.61 bits per heavy atom. The second-order valence-electron chi connectivity index (χ2n) is 6.93. The van der Waals surface area contributed by atoms with E-state index in [1.165, 1.54) is 30.7 Å². The molecule has 0 saturated carbocycles. The molecule has 0 aliphatic carbocycles. The van der Waals surface area contributed by atoms with Crippen LogP contribution in [0.25, 0.3) is 0 Å². The number of amides is 2. The number of ether oxygens (including phenoxy) is 2. The molecule has 0 spiro atoms. The van der Waals surface area contributed by atoms with Crippen molar-refractivity contribution >= 4 is 63.1 Å². The van der Waals surface area contributed by atoms with Crippen LogP contribution in [0.3, 0.4) is 0 Å². The monoisotopic (exact) mass is 594 g/mol. The number of carbonyl (C=O) groups is 2. The van der Waals surface area contributed by atoms with Gasteiger partial charge in [0.15, 0.2) is 17.9 Å². The molecule has 0 aliphatic heterocycles. The average molecular weight is 596 g/mol. The Morgan fingerprint density at radius 1 is 1.25 bits per heavy atom. The maximum Gasteiger partial charge on any atom is 0.326 e. The molecule has 3 heterocycles. The Balaban J connectivity index is 1.82. The number of anilines is 2. The smallest absolute Gasteiger partial charge is 0.326 e. The summed E-state index contributed by atoms with van der Waals surface area (Å²) in [6.07, 6.45) is 3.90. The molecule has 0 saturated heterocycles. The molecule has 0 bridgehead atoms. The number of aliphatic hydroxyl groups is 1. The molecule has 186 valence electrons. The lowest BCUT2D eigenvalue weighted by Crippen LogP contribution is -2.22. The molecule has 3 N–H and O–H groups in total. The van der Waals surface area contributed by atoms with Gasteiger partial charge < -0.3 is 14.6 Å². The van der Waals surface area contributed by atoms with Gasteiger partial charge in [0, 0.05) is 30.1 Å². The number of aldehydes is 1. The quantitative estimate of drug-likeness (QED) is 0.296. The number of halogens is 3. The maximum atomic E-state index is 12.6. The summed E-state index contributed by atoms with van der Waals surface area (Å²) in [4.78, 5) is 35.9. The minimum absolute atomic E-state index is 0.0243. The van der Waals surface area contributed by atoms with E-state index in [1.54, 1.807) is 6.92 Å². The first kappa shape index (κ1) is 27.1. The van der Waals surface area contributed by atoms with Crippen molar-refractivity contribution in [2.45, 2.75) is 13.0 Å². The van der Waals surface area contributed by atoms with Crippen LogP contribution in [0.4, 0.5) is 16.4 Å². The normalized spacial score (nSPS) is 11.2. The van der Waals surface area contributed by atoms with Crippen LogP contribution in [-0.2, 0) is 0 Å². The summed E-state index contributed by atoms with van der Waals surface area (Å²) in [5.41, 5.74) is 0.610. The van der Waals surface area contributed by atoms with Crippen molar-refractivity contribution in [2.75, 3.05) is 23.8 Å². The van der Waals surface area contributed by atoms with E-state index in [9.17, 15) is 14.9 Å². The molecule has 0 aromatic carbocycles. The van der Waals surface area contributed by atoms with Crippen LogP contribution in [0.15, 0.2) is 35.2 Å². The first-order valence-electron chi connectivity index (χ1n) is 10.1. The highest BCUT2D eigenvalue weighted by atomic mass is 79.9. The summed E-state index contributed by atoms with van der Waals surface area (Å²) < 4.78 is 11.6. The highest BCUT2D eigenvalue weighted by molar-refractivity contribution is 9.10. The Labute approximate surface area is 223 Å². The number of nitrogens with zero attached hydrogens (tertiary/aromatic N) is 4. The number of urea groups is 1. The first-order chi connectivity index (χ1) is 17.3. The highest BCUT2D eigenvalue weighted by Crippen LogP contribution is 2.34. The van der Waals surface area contributed by atoms with Crippen LogP contribution in [0, 0.1) is 11.3 Å². The molecule has 3 rings (SSSR count). The van der Waals surface area contributed by atoms with Crippen molar-refractivity contribution in [2.24, 2.45) is 0 Å². The molecule has 3 aromatic rings. The number of aliphatic hydroxyl groups excluding tert-OH is 1. The van der Waals surface area contributed by atoms with E-state index < -0.39 is 12.1 Å². The lowest BCUT2D eigenvalue weighted by Gasteiger charge is -2.18. The van der Waals surface area contributed by atoms with Gasteiger partial charge in [0.05, 0.1) is 27.3 Å². The minimum atomic E-state index is -0.771. The zero-order chi connectivity index (χ0) is 26.2. The molecule has 0 unspecified atom stereocenters. The third-order valence-corrected chi connectivity index (χ3v) is 5.73. The summed E-state index contributed by atoms with van der Waals surface area (Å²) in [5.74, 6) is 0.225. The second kappa shape index (κ2) is 12.5. The number of pyridine rings is 3. The highest BCUT2D eigenvalue weighted by Gasteiger charge is 2.19. The number of rotatable bonds is 9. The summed E-state index contributed by atoms with van der Waals surface area (Å²) in [6, 6.07) is 3.99. The summed E-state index contributed by atoms with van der Waals surface area (Å²) >= 11 is 15.6. The molecule has 2 amide bonds. The van der Waals surface area contributed by atoms with Crippen molar-refractivity contribution in [3.63, 3.8) is 0 Å². The molecule has 0 fully saturated rings. The predicted octanol–water partition coefficient (Wildman–Crippen LogP) is 4.78. The van der Waals surface area contributed by atoms with Crippen molar-refractivity contribution in [3.8, 4) is 17.6 Å². The number of nitriles is 1. The molecule has 0 radical (unpaired) electrons. The summed E-state index contributed by atoms with van der Waals surface area (Å²) in [7, 11) is 0. The van der Waals surface area contributed by atoms with Crippen LogP contribution in [0.1, 0.15) is 34.6 Å². The second-order valence-corrected chi connectivity index (χ2v) is 8.59. The fourth-order valence-corrected chi connectivity index (χ4v) is 3.99. The lowest BCUT2D eigenvalue weighted by molar-refractivity contribution is 0.111. The van der Waals surface area contributed by atoms with Crippen molar-refractivity contribution in [3.05, 3.63) is 62.1 Å². The van der Waals surface area contributed by atoms with Gasteiger partial charge in [0.25, 0.3) is 0 Å². The lowest BCUT2D eigenvalue weighted by atomic mass is 10.1. The Hall–Kier alpha value is -3.50. The van der Waals surface area contributed by atoms with Gasteiger partial charge in [0.2, 0.25) is 0 Å². The van der Waals surface area contributed by atoms with Crippen LogP contribution >= 0.6 is 39.1 Å². The number of hydrogen-bond donors (Lipinski definition) is 3. The summed E-state index contributed by atoms with van der Waals surface area (Å²) in [6.45, 7) is 1.35. The first-order valence-corrected chi connectivity index (χ1v) is 11.6.